The van der Waals surface area contributed by atoms with E-state index in [2.05, 4.69) is 41.4 Å². The predicted octanol–water partition coefficient (Wildman–Crippen LogP) is 4.49. The fourth-order valence-electron chi connectivity index (χ4n) is 9.17. The highest BCUT2D eigenvalue weighted by atomic mass is 35.5. The van der Waals surface area contributed by atoms with Gasteiger partial charge in [-0.25, -0.2) is 9.97 Å². The Morgan fingerprint density at radius 2 is 1.58 bits per heavy atom. The summed E-state index contributed by atoms with van der Waals surface area (Å²) in [4.78, 5) is 76.2. The van der Waals surface area contributed by atoms with Crippen molar-refractivity contribution in [3.63, 3.8) is 0 Å². The Balaban J connectivity index is 1.15. The maximum absolute atomic E-state index is 13.8. The fraction of sp³-hybridized carbons (Fsp3) is 0.651. The number of carbonyl (C=O) groups is 5. The second-order valence-electron chi connectivity index (χ2n) is 17.8. The summed E-state index contributed by atoms with van der Waals surface area (Å²) in [7, 11) is -0.530. The van der Waals surface area contributed by atoms with Crippen molar-refractivity contribution < 1.29 is 38.4 Å². The van der Waals surface area contributed by atoms with Gasteiger partial charge in [0.2, 0.25) is 11.8 Å². The molecular formula is C43H62BClN6O8. The summed E-state index contributed by atoms with van der Waals surface area (Å²) in [6, 6.07) is 4.77. The van der Waals surface area contributed by atoms with Gasteiger partial charge < -0.3 is 36.5 Å². The number of aliphatic hydroxyl groups is 1. The number of benzene rings is 1. The van der Waals surface area contributed by atoms with E-state index in [4.69, 9.17) is 32.4 Å². The molecule has 2 heterocycles. The predicted molar refractivity (Wildman–Crippen MR) is 225 cm³/mol. The van der Waals surface area contributed by atoms with Crippen LogP contribution < -0.4 is 22.1 Å². The van der Waals surface area contributed by atoms with Crippen molar-refractivity contribution in [3.8, 4) is 11.4 Å². The second-order valence-corrected chi connectivity index (χ2v) is 18.3. The van der Waals surface area contributed by atoms with Crippen LogP contribution in [0.2, 0.25) is 10.8 Å². The average molecular weight is 837 g/mol. The standard InChI is InChI=1S/C43H62BClN6O8/c1-24(40(56)50-32(9-7-8-15-46)34(54)18-25(2)44-58-37-21-30-20-36(42(30,4)5)43(37,6)59-44)17-35(55)38(26(3)52)51-41(57)28(14-16-47)19-33(53)29-22-48-39(49-23-29)27-10-12-31(45)13-11-27/h10-13,22-26,28,30,32,36-38,52H,7-9,14-21,46-47H2,1-6H3,(H,50,56)(H,51,57)/t24-,25-,26-,28-,30+,32+,36+,37-,38+,43+/m1/s1. The number of nitrogens with zero attached hydrogens (tertiary/aromatic N) is 2. The lowest BCUT2D eigenvalue weighted by molar-refractivity contribution is -0.199. The van der Waals surface area contributed by atoms with E-state index in [1.165, 1.54) is 19.3 Å². The number of carbonyl (C=O) groups excluding carboxylic acids is 5. The second kappa shape index (κ2) is 19.9. The molecule has 6 rings (SSSR count). The van der Waals surface area contributed by atoms with Gasteiger partial charge in [-0.1, -0.05) is 39.3 Å². The molecule has 2 bridgehead atoms. The zero-order valence-corrected chi connectivity index (χ0v) is 36.0. The Labute approximate surface area is 353 Å². The molecule has 7 N–H and O–H groups in total. The molecule has 1 saturated heterocycles. The van der Waals surface area contributed by atoms with Crippen LogP contribution in [0.4, 0.5) is 0 Å². The number of hydrogen-bond acceptors (Lipinski definition) is 12. The molecular weight excluding hydrogens is 775 g/mol. The van der Waals surface area contributed by atoms with Gasteiger partial charge in [-0.2, -0.15) is 0 Å². The lowest BCUT2D eigenvalue weighted by Gasteiger charge is -2.64. The van der Waals surface area contributed by atoms with Gasteiger partial charge in [-0.15, -0.1) is 0 Å². The molecule has 1 aliphatic heterocycles. The minimum Gasteiger partial charge on any atom is -0.405 e. The molecule has 4 fully saturated rings. The number of nitrogens with two attached hydrogens (primary N) is 2. The molecule has 2 aromatic rings. The molecule has 1 aromatic heterocycles. The zero-order chi connectivity index (χ0) is 43.2. The van der Waals surface area contributed by atoms with Crippen LogP contribution in [0.15, 0.2) is 36.7 Å². The largest absolute Gasteiger partial charge is 0.461 e. The van der Waals surface area contributed by atoms with E-state index < -0.39 is 66.1 Å². The number of ketones is 3. The molecule has 14 nitrogen and oxygen atoms in total. The quantitative estimate of drug-likeness (QED) is 0.0629. The van der Waals surface area contributed by atoms with Gasteiger partial charge in [0, 0.05) is 54.1 Å². The molecule has 3 aliphatic carbocycles. The Hall–Kier alpha value is -3.60. The first-order valence-corrected chi connectivity index (χ1v) is 21.5. The van der Waals surface area contributed by atoms with Gasteiger partial charge >= 0.3 is 7.12 Å². The Kier molecular flexibility index (Phi) is 15.6. The number of hydrogen-bond donors (Lipinski definition) is 5. The lowest BCUT2D eigenvalue weighted by Crippen LogP contribution is -2.65. The molecule has 322 valence electrons. The monoisotopic (exact) mass is 836 g/mol. The van der Waals surface area contributed by atoms with Crippen molar-refractivity contribution in [2.24, 2.45) is 40.6 Å². The highest BCUT2D eigenvalue weighted by molar-refractivity contribution is 6.47. The van der Waals surface area contributed by atoms with E-state index in [0.29, 0.717) is 54.1 Å². The molecule has 1 aromatic carbocycles. The van der Waals surface area contributed by atoms with Crippen LogP contribution in [0.3, 0.4) is 0 Å². The SMILES string of the molecule is C[C@H](CC(=O)[C@H](CCCCN)NC(=O)[C@H](C)CC(=O)[C@@H](NC(=O)[C@H](CCN)CC(=O)c1cnc(-c2ccc(Cl)cc2)nc1)[C@@H](C)O)B1O[C@@H]2C[C@@H]3C[C@@H](C3(C)C)[C@]2(C)O1. The minimum absolute atomic E-state index is 0.00967. The molecule has 2 amide bonds. The van der Waals surface area contributed by atoms with E-state index >= 15 is 0 Å². The minimum atomic E-state index is -1.36. The van der Waals surface area contributed by atoms with Crippen molar-refractivity contribution in [1.29, 1.82) is 0 Å². The van der Waals surface area contributed by atoms with Crippen LogP contribution in [0.1, 0.15) is 110 Å². The van der Waals surface area contributed by atoms with Gasteiger partial charge in [0.05, 0.1) is 29.4 Å². The van der Waals surface area contributed by atoms with Crippen LogP contribution in [0.5, 0.6) is 0 Å². The first-order valence-electron chi connectivity index (χ1n) is 21.1. The molecule has 10 atom stereocenters. The molecule has 0 radical (unpaired) electrons. The van der Waals surface area contributed by atoms with Gasteiger partial charge in [0.15, 0.2) is 23.2 Å². The van der Waals surface area contributed by atoms with E-state index in [1.807, 2.05) is 6.92 Å². The molecule has 0 unspecified atom stereocenters. The van der Waals surface area contributed by atoms with Crippen molar-refractivity contribution in [3.05, 3.63) is 47.2 Å². The molecule has 59 heavy (non-hydrogen) atoms. The normalized spacial score (nSPS) is 24.7. The molecule has 16 heteroatoms. The van der Waals surface area contributed by atoms with Crippen LogP contribution in [0.25, 0.3) is 11.4 Å². The summed E-state index contributed by atoms with van der Waals surface area (Å²) >= 11 is 5.97. The third-order valence-corrected chi connectivity index (χ3v) is 13.3. The zero-order valence-electron chi connectivity index (χ0n) is 35.2. The topological polar surface area (TPSA) is 226 Å². The van der Waals surface area contributed by atoms with Gasteiger partial charge in [-0.05, 0) is 113 Å². The van der Waals surface area contributed by atoms with Crippen molar-refractivity contribution in [1.82, 2.24) is 20.6 Å². The van der Waals surface area contributed by atoms with E-state index in [-0.39, 0.29) is 60.9 Å². The van der Waals surface area contributed by atoms with E-state index in [0.717, 1.165) is 12.8 Å². The smallest absolute Gasteiger partial charge is 0.405 e. The summed E-state index contributed by atoms with van der Waals surface area (Å²) in [5, 5.41) is 16.6. The van der Waals surface area contributed by atoms with Gasteiger partial charge in [-0.3, -0.25) is 24.0 Å². The molecule has 4 aliphatic rings. The van der Waals surface area contributed by atoms with Crippen molar-refractivity contribution in [2.45, 2.75) is 135 Å². The number of aromatic nitrogens is 2. The summed E-state index contributed by atoms with van der Waals surface area (Å²) in [5.41, 5.74) is 12.2. The highest BCUT2D eigenvalue weighted by Gasteiger charge is 2.68. The number of halogens is 1. The van der Waals surface area contributed by atoms with Gasteiger partial charge in [0.25, 0.3) is 0 Å². The Morgan fingerprint density at radius 1 is 0.898 bits per heavy atom. The number of amides is 2. The Bertz CT molecular complexity index is 1820. The maximum Gasteiger partial charge on any atom is 0.461 e. The van der Waals surface area contributed by atoms with Crippen LogP contribution in [0, 0.1) is 29.1 Å². The summed E-state index contributed by atoms with van der Waals surface area (Å²) in [6.45, 7) is 12.1. The number of unbranched alkanes of at least 4 members (excludes halogenated alkanes) is 1. The number of nitrogens with one attached hydrogen (secondary N) is 2. The summed E-state index contributed by atoms with van der Waals surface area (Å²) < 4.78 is 13.0. The Morgan fingerprint density at radius 3 is 2.19 bits per heavy atom. The average Bonchev–Trinajstić information content (AvgIpc) is 3.57. The van der Waals surface area contributed by atoms with Crippen LogP contribution >= 0.6 is 11.6 Å². The number of aliphatic hydroxyl groups excluding tert-OH is 1. The number of rotatable bonds is 22. The van der Waals surface area contributed by atoms with Crippen LogP contribution in [-0.2, 0) is 28.5 Å². The third-order valence-electron chi connectivity index (χ3n) is 13.1. The van der Waals surface area contributed by atoms with Crippen LogP contribution in [-0.4, -0.2) is 94.3 Å². The maximum atomic E-state index is 13.8. The first-order chi connectivity index (χ1) is 27.9. The lowest BCUT2D eigenvalue weighted by atomic mass is 9.43. The van der Waals surface area contributed by atoms with Gasteiger partial charge in [0.1, 0.15) is 6.04 Å². The number of Topliss-reactive ketones (excluding diaryl/α,β-unsaturated/α-hetero) is 3. The van der Waals surface area contributed by atoms with E-state index in [1.54, 1.807) is 31.2 Å². The highest BCUT2D eigenvalue weighted by Crippen LogP contribution is 2.66. The molecule has 0 spiro atoms. The summed E-state index contributed by atoms with van der Waals surface area (Å²) in [6.07, 6.45) is 4.91. The van der Waals surface area contributed by atoms with Crippen molar-refractivity contribution in [2.75, 3.05) is 13.1 Å². The first kappa shape index (κ1) is 46.5. The van der Waals surface area contributed by atoms with E-state index in [9.17, 15) is 29.1 Å². The fourth-order valence-corrected chi connectivity index (χ4v) is 9.30. The third kappa shape index (κ3) is 10.8. The van der Waals surface area contributed by atoms with Crippen molar-refractivity contribution >= 4 is 47.9 Å². The summed E-state index contributed by atoms with van der Waals surface area (Å²) in [5.74, 6) is -2.93. The molecule has 3 saturated carbocycles.